The molecule has 0 aliphatic heterocycles. The molecule has 2 rings (SSSR count). The average molecular weight is 152 g/mol. The molecule has 3 heteroatoms. The van der Waals surface area contributed by atoms with Crippen molar-refractivity contribution in [1.29, 1.82) is 0 Å². The molecular formula is C8H12N2O. The van der Waals surface area contributed by atoms with Crippen molar-refractivity contribution in [3.05, 3.63) is 18.5 Å². The van der Waals surface area contributed by atoms with Crippen LogP contribution in [0.1, 0.15) is 25.8 Å². The molecule has 1 N–H and O–H groups in total. The van der Waals surface area contributed by atoms with Gasteiger partial charge in [-0.2, -0.15) is 5.10 Å². The van der Waals surface area contributed by atoms with Gasteiger partial charge in [-0.25, -0.2) is 0 Å². The molecule has 3 nitrogen and oxygen atoms in total. The van der Waals surface area contributed by atoms with Crippen molar-refractivity contribution < 1.29 is 5.11 Å². The molecule has 0 radical (unpaired) electrons. The highest BCUT2D eigenvalue weighted by molar-refractivity contribution is 4.98. The summed E-state index contributed by atoms with van der Waals surface area (Å²) in [5, 5.41) is 13.8. The molecule has 1 saturated carbocycles. The van der Waals surface area contributed by atoms with Crippen molar-refractivity contribution in [2.45, 2.75) is 31.4 Å². The van der Waals surface area contributed by atoms with Gasteiger partial charge in [0.05, 0.1) is 11.6 Å². The lowest BCUT2D eigenvalue weighted by Gasteiger charge is -2.42. The van der Waals surface area contributed by atoms with E-state index < -0.39 is 5.60 Å². The summed E-state index contributed by atoms with van der Waals surface area (Å²) in [5.41, 5.74) is -0.536. The van der Waals surface area contributed by atoms with Gasteiger partial charge in [-0.05, 0) is 25.8 Å². The maximum absolute atomic E-state index is 9.68. The molecule has 1 aromatic heterocycles. The van der Waals surface area contributed by atoms with E-state index in [1.807, 2.05) is 23.9 Å². The van der Waals surface area contributed by atoms with Crippen molar-refractivity contribution in [1.82, 2.24) is 9.78 Å². The lowest BCUT2D eigenvalue weighted by Crippen LogP contribution is -2.45. The number of aliphatic hydroxyl groups is 1. The van der Waals surface area contributed by atoms with Crippen molar-refractivity contribution in [2.24, 2.45) is 0 Å². The normalized spacial score (nSPS) is 36.7. The highest BCUT2D eigenvalue weighted by Crippen LogP contribution is 2.41. The average Bonchev–Trinajstić information content (AvgIpc) is 2.38. The molecule has 0 saturated heterocycles. The van der Waals surface area contributed by atoms with Crippen molar-refractivity contribution in [3.63, 3.8) is 0 Å². The van der Waals surface area contributed by atoms with Crippen LogP contribution >= 0.6 is 0 Å². The fourth-order valence-corrected chi connectivity index (χ4v) is 1.57. The third-order valence-corrected chi connectivity index (χ3v) is 2.49. The molecule has 1 aromatic rings. The standard InChI is InChI=1S/C8H12N2O/c1-8(11)4-3-7(8)10-6-2-5-9-10/h2,5-7,11H,3-4H2,1H3/t7-,8-/m0/s1. The van der Waals surface area contributed by atoms with E-state index in [2.05, 4.69) is 5.10 Å². The molecule has 1 aliphatic rings. The van der Waals surface area contributed by atoms with Crippen LogP contribution in [0.2, 0.25) is 0 Å². The molecule has 0 amide bonds. The zero-order chi connectivity index (χ0) is 7.90. The summed E-state index contributed by atoms with van der Waals surface area (Å²) >= 11 is 0. The summed E-state index contributed by atoms with van der Waals surface area (Å²) < 4.78 is 1.84. The number of nitrogens with zero attached hydrogens (tertiary/aromatic N) is 2. The quantitative estimate of drug-likeness (QED) is 0.651. The summed E-state index contributed by atoms with van der Waals surface area (Å²) in [4.78, 5) is 0. The lowest BCUT2D eigenvalue weighted by molar-refractivity contribution is -0.0737. The van der Waals surface area contributed by atoms with Crippen LogP contribution in [0.25, 0.3) is 0 Å². The molecule has 1 heterocycles. The Kier molecular flexibility index (Phi) is 1.29. The summed E-state index contributed by atoms with van der Waals surface area (Å²) in [7, 11) is 0. The van der Waals surface area contributed by atoms with Crippen molar-refractivity contribution >= 4 is 0 Å². The minimum atomic E-state index is -0.536. The number of hydrogen-bond donors (Lipinski definition) is 1. The van der Waals surface area contributed by atoms with Crippen LogP contribution < -0.4 is 0 Å². The first-order valence-electron chi connectivity index (χ1n) is 3.92. The van der Waals surface area contributed by atoms with E-state index in [0.717, 1.165) is 12.8 Å². The first-order valence-corrected chi connectivity index (χ1v) is 3.92. The van der Waals surface area contributed by atoms with Crippen LogP contribution in [0.15, 0.2) is 18.5 Å². The Bertz CT molecular complexity index is 241. The highest BCUT2D eigenvalue weighted by atomic mass is 16.3. The molecule has 60 valence electrons. The van der Waals surface area contributed by atoms with E-state index in [9.17, 15) is 5.11 Å². The second-order valence-corrected chi connectivity index (χ2v) is 3.40. The van der Waals surface area contributed by atoms with E-state index >= 15 is 0 Å². The smallest absolute Gasteiger partial charge is 0.0843 e. The Morgan fingerprint density at radius 2 is 2.55 bits per heavy atom. The Balaban J connectivity index is 2.20. The fourth-order valence-electron chi connectivity index (χ4n) is 1.57. The van der Waals surface area contributed by atoms with Crippen LogP contribution in [-0.2, 0) is 0 Å². The third-order valence-electron chi connectivity index (χ3n) is 2.49. The van der Waals surface area contributed by atoms with Gasteiger partial charge < -0.3 is 5.11 Å². The van der Waals surface area contributed by atoms with Crippen molar-refractivity contribution in [2.75, 3.05) is 0 Å². The molecule has 2 atom stereocenters. The maximum Gasteiger partial charge on any atom is 0.0843 e. The second-order valence-electron chi connectivity index (χ2n) is 3.40. The molecule has 0 spiro atoms. The molecule has 0 bridgehead atoms. The lowest BCUT2D eigenvalue weighted by atomic mass is 9.76. The van der Waals surface area contributed by atoms with Gasteiger partial charge in [0.1, 0.15) is 0 Å². The summed E-state index contributed by atoms with van der Waals surface area (Å²) in [6.45, 7) is 1.86. The summed E-state index contributed by atoms with van der Waals surface area (Å²) in [6.07, 6.45) is 5.57. The van der Waals surface area contributed by atoms with Gasteiger partial charge in [-0.1, -0.05) is 0 Å². The number of rotatable bonds is 1. The SMILES string of the molecule is C[C@]1(O)CC[C@@H]1n1cccn1. The van der Waals surface area contributed by atoms with E-state index in [1.54, 1.807) is 6.20 Å². The van der Waals surface area contributed by atoms with E-state index in [-0.39, 0.29) is 6.04 Å². The Morgan fingerprint density at radius 3 is 2.91 bits per heavy atom. The molecule has 0 unspecified atom stereocenters. The summed E-state index contributed by atoms with van der Waals surface area (Å²) in [5.74, 6) is 0. The largest absolute Gasteiger partial charge is 0.388 e. The van der Waals surface area contributed by atoms with Gasteiger partial charge in [-0.15, -0.1) is 0 Å². The third kappa shape index (κ3) is 0.959. The molecule has 0 aromatic carbocycles. The second kappa shape index (κ2) is 2.08. The molecule has 1 aliphatic carbocycles. The number of hydrogen-bond acceptors (Lipinski definition) is 2. The van der Waals surface area contributed by atoms with Gasteiger partial charge >= 0.3 is 0 Å². The Morgan fingerprint density at radius 1 is 1.73 bits per heavy atom. The molecule has 1 fully saturated rings. The van der Waals surface area contributed by atoms with Crippen LogP contribution in [-0.4, -0.2) is 20.5 Å². The molecule has 11 heavy (non-hydrogen) atoms. The first kappa shape index (κ1) is 6.85. The van der Waals surface area contributed by atoms with Crippen molar-refractivity contribution in [3.8, 4) is 0 Å². The predicted octanol–water partition coefficient (Wildman–Crippen LogP) is 0.969. The van der Waals surface area contributed by atoms with Gasteiger partial charge in [0.25, 0.3) is 0 Å². The van der Waals surface area contributed by atoms with Gasteiger partial charge in [0.2, 0.25) is 0 Å². The minimum absolute atomic E-state index is 0.192. The van der Waals surface area contributed by atoms with Gasteiger partial charge in [-0.3, -0.25) is 4.68 Å². The maximum atomic E-state index is 9.68. The first-order chi connectivity index (χ1) is 5.20. The van der Waals surface area contributed by atoms with Crippen LogP contribution in [0, 0.1) is 0 Å². The van der Waals surface area contributed by atoms with E-state index in [1.165, 1.54) is 0 Å². The minimum Gasteiger partial charge on any atom is -0.388 e. The van der Waals surface area contributed by atoms with Gasteiger partial charge in [0.15, 0.2) is 0 Å². The van der Waals surface area contributed by atoms with E-state index in [4.69, 9.17) is 0 Å². The zero-order valence-corrected chi connectivity index (χ0v) is 6.57. The highest BCUT2D eigenvalue weighted by Gasteiger charge is 2.42. The number of aromatic nitrogens is 2. The van der Waals surface area contributed by atoms with Gasteiger partial charge in [0, 0.05) is 12.4 Å². The predicted molar refractivity (Wildman–Crippen MR) is 41.1 cm³/mol. The fraction of sp³-hybridized carbons (Fsp3) is 0.625. The topological polar surface area (TPSA) is 38.0 Å². The van der Waals surface area contributed by atoms with Crippen LogP contribution in [0.5, 0.6) is 0 Å². The Hall–Kier alpha value is -0.830. The monoisotopic (exact) mass is 152 g/mol. The van der Waals surface area contributed by atoms with Crippen LogP contribution in [0.3, 0.4) is 0 Å². The van der Waals surface area contributed by atoms with Crippen LogP contribution in [0.4, 0.5) is 0 Å². The zero-order valence-electron chi connectivity index (χ0n) is 6.57. The van der Waals surface area contributed by atoms with E-state index in [0.29, 0.717) is 0 Å². The summed E-state index contributed by atoms with van der Waals surface area (Å²) in [6, 6.07) is 2.08. The molecular weight excluding hydrogens is 140 g/mol. The Labute approximate surface area is 65.7 Å².